The summed E-state index contributed by atoms with van der Waals surface area (Å²) in [4.78, 5) is 42.5. The third-order valence-corrected chi connectivity index (χ3v) is 8.51. The number of halogens is 1. The number of benzene rings is 4. The van der Waals surface area contributed by atoms with Gasteiger partial charge in [-0.2, -0.15) is 5.01 Å². The van der Waals surface area contributed by atoms with Crippen LogP contribution in [-0.4, -0.2) is 27.7 Å². The Morgan fingerprint density at radius 3 is 1.61 bits per heavy atom. The van der Waals surface area contributed by atoms with E-state index in [9.17, 15) is 14.4 Å². The van der Waals surface area contributed by atoms with E-state index in [1.54, 1.807) is 24.3 Å². The summed E-state index contributed by atoms with van der Waals surface area (Å²) in [6.45, 7) is 0.0665. The lowest BCUT2D eigenvalue weighted by Crippen LogP contribution is -2.50. The van der Waals surface area contributed by atoms with Gasteiger partial charge >= 0.3 is 0 Å². The molecule has 2 bridgehead atoms. The van der Waals surface area contributed by atoms with E-state index >= 15 is 0 Å². The summed E-state index contributed by atoms with van der Waals surface area (Å²) >= 11 is 6.41. The van der Waals surface area contributed by atoms with Crippen LogP contribution in [0.5, 0.6) is 0 Å². The molecule has 4 aromatic rings. The second kappa shape index (κ2) is 8.67. The first kappa shape index (κ1) is 22.9. The van der Waals surface area contributed by atoms with Gasteiger partial charge in [0.2, 0.25) is 0 Å². The minimum Gasteiger partial charge on any atom is -0.272 e. The molecule has 0 aromatic heterocycles. The summed E-state index contributed by atoms with van der Waals surface area (Å²) in [5.74, 6) is -2.79. The quantitative estimate of drug-likeness (QED) is 0.321. The number of hydrogen-bond donors (Lipinski definition) is 0. The zero-order valence-electron chi connectivity index (χ0n) is 20.3. The van der Waals surface area contributed by atoms with Gasteiger partial charge in [0.15, 0.2) is 0 Å². The molecule has 1 saturated heterocycles. The zero-order valence-corrected chi connectivity index (χ0v) is 21.1. The Balaban J connectivity index is 1.36. The van der Waals surface area contributed by atoms with Gasteiger partial charge in [-0.1, -0.05) is 103 Å². The van der Waals surface area contributed by atoms with Crippen molar-refractivity contribution in [2.75, 3.05) is 0 Å². The van der Waals surface area contributed by atoms with Gasteiger partial charge in [0.05, 0.1) is 29.0 Å². The number of hydrazine groups is 1. The fourth-order valence-corrected chi connectivity index (χ4v) is 6.88. The highest BCUT2D eigenvalue weighted by Crippen LogP contribution is 2.61. The second-order valence-electron chi connectivity index (χ2n) is 10.1. The van der Waals surface area contributed by atoms with Crippen LogP contribution in [-0.2, 0) is 16.1 Å². The molecule has 1 heterocycles. The van der Waals surface area contributed by atoms with Crippen molar-refractivity contribution in [3.63, 3.8) is 0 Å². The summed E-state index contributed by atoms with van der Waals surface area (Å²) in [5.41, 5.74) is 5.41. The third-order valence-electron chi connectivity index (χ3n) is 8.18. The normalized spacial score (nSPS) is 22.6. The monoisotopic (exact) mass is 518 g/mol. The van der Waals surface area contributed by atoms with Gasteiger partial charge in [0.1, 0.15) is 0 Å². The van der Waals surface area contributed by atoms with E-state index in [2.05, 4.69) is 24.3 Å². The number of nitrogens with zero attached hydrogens (tertiary/aromatic N) is 2. The van der Waals surface area contributed by atoms with Crippen LogP contribution in [0.2, 0.25) is 5.02 Å². The van der Waals surface area contributed by atoms with Crippen molar-refractivity contribution >= 4 is 29.3 Å². The molecular weight excluding hydrogens is 496 g/mol. The summed E-state index contributed by atoms with van der Waals surface area (Å²) in [7, 11) is 0. The lowest BCUT2D eigenvalue weighted by atomic mass is 9.55. The molecule has 186 valence electrons. The molecule has 38 heavy (non-hydrogen) atoms. The van der Waals surface area contributed by atoms with E-state index < -0.39 is 17.7 Å². The van der Waals surface area contributed by atoms with E-state index in [0.717, 1.165) is 32.8 Å². The molecular formula is C32H23ClN2O3. The Hall–Kier alpha value is -4.22. The van der Waals surface area contributed by atoms with Gasteiger partial charge in [-0.05, 0) is 39.9 Å². The number of amides is 3. The predicted octanol–water partition coefficient (Wildman–Crippen LogP) is 5.79. The van der Waals surface area contributed by atoms with E-state index in [-0.39, 0.29) is 40.8 Å². The standard InChI is InChI=1S/C32H23ClN2O3/c33-25-17-9-8-16-24(25)30(36)34(18-19-10-2-1-3-11-19)35-31(37)28-26-20-12-4-5-13-21(20)27(29(28)32(35)38)23-15-7-6-14-22(23)26/h1-17,26-29H,18H2/t26?,27?,28-,29-/m0/s1. The highest BCUT2D eigenvalue weighted by molar-refractivity contribution is 6.33. The average molecular weight is 519 g/mol. The Labute approximate surface area is 225 Å². The van der Waals surface area contributed by atoms with E-state index in [4.69, 9.17) is 11.6 Å². The first-order chi connectivity index (χ1) is 18.6. The number of rotatable bonds is 4. The molecule has 2 atom stereocenters. The fourth-order valence-electron chi connectivity index (χ4n) is 6.66. The Morgan fingerprint density at radius 2 is 1.11 bits per heavy atom. The fraction of sp³-hybridized carbons (Fsp3) is 0.156. The molecule has 3 amide bonds. The smallest absolute Gasteiger partial charge is 0.272 e. The molecule has 1 aliphatic heterocycles. The Kier molecular flexibility index (Phi) is 5.24. The first-order valence-electron chi connectivity index (χ1n) is 12.7. The molecule has 0 saturated carbocycles. The van der Waals surface area contributed by atoms with Gasteiger partial charge in [-0.15, -0.1) is 0 Å². The number of hydrogen-bond acceptors (Lipinski definition) is 3. The van der Waals surface area contributed by atoms with Crippen LogP contribution in [0, 0.1) is 11.8 Å². The van der Waals surface area contributed by atoms with Crippen LogP contribution >= 0.6 is 11.6 Å². The molecule has 1 fully saturated rings. The molecule has 3 aliphatic carbocycles. The van der Waals surface area contributed by atoms with Crippen molar-refractivity contribution in [1.82, 2.24) is 10.0 Å². The average Bonchev–Trinajstić information content (AvgIpc) is 3.22. The highest BCUT2D eigenvalue weighted by atomic mass is 35.5. The van der Waals surface area contributed by atoms with Crippen LogP contribution < -0.4 is 0 Å². The molecule has 4 aliphatic rings. The van der Waals surface area contributed by atoms with E-state index in [1.807, 2.05) is 54.6 Å². The number of carbonyl (C=O) groups is 3. The molecule has 6 heteroatoms. The van der Waals surface area contributed by atoms with E-state index in [0.29, 0.717) is 0 Å². The van der Waals surface area contributed by atoms with Crippen molar-refractivity contribution in [2.24, 2.45) is 11.8 Å². The van der Waals surface area contributed by atoms with Crippen molar-refractivity contribution in [3.05, 3.63) is 142 Å². The van der Waals surface area contributed by atoms with Gasteiger partial charge in [0.25, 0.3) is 17.7 Å². The molecule has 5 nitrogen and oxygen atoms in total. The molecule has 4 aromatic carbocycles. The summed E-state index contributed by atoms with van der Waals surface area (Å²) in [5, 5.41) is 2.67. The Bertz CT molecular complexity index is 1500. The zero-order chi connectivity index (χ0) is 26.0. The minimum atomic E-state index is -0.574. The minimum absolute atomic E-state index is 0.0665. The van der Waals surface area contributed by atoms with E-state index in [1.165, 1.54) is 5.01 Å². The van der Waals surface area contributed by atoms with Crippen LogP contribution in [0.1, 0.15) is 50.0 Å². The maximum absolute atomic E-state index is 14.3. The van der Waals surface area contributed by atoms with Crippen LogP contribution in [0.15, 0.2) is 103 Å². The molecule has 0 spiro atoms. The maximum Gasteiger partial charge on any atom is 0.274 e. The second-order valence-corrected chi connectivity index (χ2v) is 10.5. The molecule has 8 rings (SSSR count). The highest BCUT2D eigenvalue weighted by Gasteiger charge is 2.63. The number of imide groups is 1. The molecule has 0 unspecified atom stereocenters. The van der Waals surface area contributed by atoms with Gasteiger partial charge in [-0.3, -0.25) is 14.4 Å². The largest absolute Gasteiger partial charge is 0.274 e. The maximum atomic E-state index is 14.3. The van der Waals surface area contributed by atoms with Crippen molar-refractivity contribution in [1.29, 1.82) is 0 Å². The molecule has 0 radical (unpaired) electrons. The molecule has 0 N–H and O–H groups in total. The van der Waals surface area contributed by atoms with Crippen molar-refractivity contribution in [3.8, 4) is 0 Å². The van der Waals surface area contributed by atoms with Crippen LogP contribution in [0.25, 0.3) is 0 Å². The lowest BCUT2D eigenvalue weighted by Gasteiger charge is -2.45. The predicted molar refractivity (Wildman–Crippen MR) is 143 cm³/mol. The lowest BCUT2D eigenvalue weighted by molar-refractivity contribution is -0.155. The first-order valence-corrected chi connectivity index (χ1v) is 13.1. The van der Waals surface area contributed by atoms with Gasteiger partial charge in [-0.25, -0.2) is 5.01 Å². The van der Waals surface area contributed by atoms with Gasteiger partial charge in [0, 0.05) is 11.8 Å². The van der Waals surface area contributed by atoms with Crippen molar-refractivity contribution < 1.29 is 14.4 Å². The summed E-state index contributed by atoms with van der Waals surface area (Å²) in [6.07, 6.45) is 0. The topological polar surface area (TPSA) is 57.7 Å². The van der Waals surface area contributed by atoms with Crippen LogP contribution in [0.4, 0.5) is 0 Å². The van der Waals surface area contributed by atoms with Gasteiger partial charge < -0.3 is 0 Å². The summed E-state index contributed by atoms with van der Waals surface area (Å²) in [6, 6.07) is 32.3. The van der Waals surface area contributed by atoms with Crippen LogP contribution in [0.3, 0.4) is 0 Å². The third kappa shape index (κ3) is 3.21. The van der Waals surface area contributed by atoms with Crippen molar-refractivity contribution in [2.45, 2.75) is 18.4 Å². The number of carbonyl (C=O) groups excluding carboxylic acids is 3. The SMILES string of the molecule is O=C(c1ccccc1Cl)N(Cc1ccccc1)N1C(=O)[C@H]2C3c4ccccc4C(c4ccccc43)[C@@H]2C1=O. The summed E-state index contributed by atoms with van der Waals surface area (Å²) < 4.78 is 0. The Morgan fingerprint density at radius 1 is 0.658 bits per heavy atom.